The van der Waals surface area contributed by atoms with Crippen molar-refractivity contribution in [2.75, 3.05) is 0 Å². The second kappa shape index (κ2) is 6.18. The Labute approximate surface area is 99.0 Å². The van der Waals surface area contributed by atoms with Crippen LogP contribution in [0, 0.1) is 0 Å². The van der Waals surface area contributed by atoms with Crippen LogP contribution in [0.4, 0.5) is 13.2 Å². The number of rotatable bonds is 3. The summed E-state index contributed by atoms with van der Waals surface area (Å²) in [6.07, 6.45) is -1.49. The molecule has 0 aromatic rings. The van der Waals surface area contributed by atoms with E-state index >= 15 is 0 Å². The Balaban J connectivity index is 5.45. The predicted molar refractivity (Wildman–Crippen MR) is 65.4 cm³/mol. The van der Waals surface area contributed by atoms with Gasteiger partial charge in [0.25, 0.3) is 0 Å². The van der Waals surface area contributed by atoms with E-state index in [1.54, 1.807) is 13.0 Å². The van der Waals surface area contributed by atoms with Crippen molar-refractivity contribution in [3.63, 3.8) is 0 Å². The van der Waals surface area contributed by atoms with Crippen LogP contribution in [0.2, 0.25) is 0 Å². The van der Waals surface area contributed by atoms with E-state index < -0.39 is 12.0 Å². The zero-order valence-corrected chi connectivity index (χ0v) is 10.1. The Bertz CT molecular complexity index is 394. The standard InChI is InChI=1S/C12H15F3N2/c1-8(2)6-7-10(9(3)4)17-11(16-5)12(13,14)15/h6-7H,3,5H2,1-2,4H3/b10-7+,17-11?. The van der Waals surface area contributed by atoms with Crippen molar-refractivity contribution < 1.29 is 13.2 Å². The molecule has 0 unspecified atom stereocenters. The molecule has 0 aliphatic carbocycles. The quantitative estimate of drug-likeness (QED) is 0.406. The molecule has 0 aliphatic heterocycles. The molecule has 0 fully saturated rings. The zero-order chi connectivity index (χ0) is 13.6. The Morgan fingerprint density at radius 2 is 1.65 bits per heavy atom. The molecule has 0 aromatic heterocycles. The number of hydrogen-bond acceptors (Lipinski definition) is 1. The fraction of sp³-hybridized carbons (Fsp3) is 0.333. The van der Waals surface area contributed by atoms with E-state index in [-0.39, 0.29) is 5.70 Å². The highest BCUT2D eigenvalue weighted by Gasteiger charge is 2.35. The summed E-state index contributed by atoms with van der Waals surface area (Å²) in [5, 5.41) is 0. The van der Waals surface area contributed by atoms with Gasteiger partial charge in [0.15, 0.2) is 0 Å². The van der Waals surface area contributed by atoms with Gasteiger partial charge in [-0.1, -0.05) is 18.2 Å². The summed E-state index contributed by atoms with van der Waals surface area (Å²) in [5.74, 6) is -1.27. The first kappa shape index (κ1) is 15.3. The monoisotopic (exact) mass is 244 g/mol. The molecule has 0 aliphatic rings. The third-order valence-corrected chi connectivity index (χ3v) is 1.64. The molecule has 5 heteroatoms. The van der Waals surface area contributed by atoms with Crippen LogP contribution < -0.4 is 0 Å². The van der Waals surface area contributed by atoms with Crippen LogP contribution in [0.3, 0.4) is 0 Å². The third kappa shape index (κ3) is 5.85. The van der Waals surface area contributed by atoms with Gasteiger partial charge in [-0.15, -0.1) is 0 Å². The predicted octanol–water partition coefficient (Wildman–Crippen LogP) is 4.07. The van der Waals surface area contributed by atoms with Crippen molar-refractivity contribution in [3.8, 4) is 0 Å². The SMILES string of the molecule is C=NC(=N/C(=C/C=C(C)C)C(=C)C)C(F)(F)F. The maximum absolute atomic E-state index is 12.4. The Morgan fingerprint density at radius 1 is 1.12 bits per heavy atom. The van der Waals surface area contributed by atoms with Gasteiger partial charge in [-0.2, -0.15) is 13.2 Å². The average molecular weight is 244 g/mol. The van der Waals surface area contributed by atoms with Gasteiger partial charge >= 0.3 is 6.18 Å². The zero-order valence-electron chi connectivity index (χ0n) is 10.1. The van der Waals surface area contributed by atoms with Crippen LogP contribution in [-0.4, -0.2) is 18.7 Å². The van der Waals surface area contributed by atoms with E-state index in [1.807, 2.05) is 13.8 Å². The van der Waals surface area contributed by atoms with Gasteiger partial charge in [0, 0.05) is 0 Å². The molecule has 0 radical (unpaired) electrons. The lowest BCUT2D eigenvalue weighted by Gasteiger charge is -2.06. The summed E-state index contributed by atoms with van der Waals surface area (Å²) < 4.78 is 37.2. The van der Waals surface area contributed by atoms with Crippen LogP contribution in [-0.2, 0) is 0 Å². The van der Waals surface area contributed by atoms with Crippen LogP contribution in [0.25, 0.3) is 0 Å². The lowest BCUT2D eigenvalue weighted by molar-refractivity contribution is -0.0596. The summed E-state index contributed by atoms with van der Waals surface area (Å²) in [5.41, 5.74) is 1.50. The fourth-order valence-electron chi connectivity index (χ4n) is 0.823. The topological polar surface area (TPSA) is 24.7 Å². The van der Waals surface area contributed by atoms with Gasteiger partial charge in [-0.3, -0.25) is 0 Å². The molecule has 0 saturated heterocycles. The number of halogens is 3. The molecule has 0 atom stereocenters. The largest absolute Gasteiger partial charge is 0.451 e. The Hall–Kier alpha value is -1.65. The maximum Gasteiger partial charge on any atom is 0.451 e. The van der Waals surface area contributed by atoms with Crippen molar-refractivity contribution in [3.05, 3.63) is 35.6 Å². The summed E-state index contributed by atoms with van der Waals surface area (Å²) in [4.78, 5) is 6.30. The fourth-order valence-corrected chi connectivity index (χ4v) is 0.823. The minimum Gasteiger partial charge on any atom is -0.241 e. The average Bonchev–Trinajstić information content (AvgIpc) is 2.14. The lowest BCUT2D eigenvalue weighted by atomic mass is 10.2. The van der Waals surface area contributed by atoms with Crippen molar-refractivity contribution in [2.45, 2.75) is 26.9 Å². The molecule has 0 amide bonds. The number of allylic oxidation sites excluding steroid dienone is 4. The molecule has 0 bridgehead atoms. The van der Waals surface area contributed by atoms with Crippen LogP contribution in [0.1, 0.15) is 20.8 Å². The van der Waals surface area contributed by atoms with E-state index in [9.17, 15) is 13.2 Å². The summed E-state index contributed by atoms with van der Waals surface area (Å²) in [6.45, 7) is 11.7. The molecule has 0 saturated carbocycles. The number of aliphatic imine (C=N–C) groups is 2. The van der Waals surface area contributed by atoms with Gasteiger partial charge in [0.1, 0.15) is 0 Å². The van der Waals surface area contributed by atoms with Crippen molar-refractivity contribution >= 4 is 12.6 Å². The highest BCUT2D eigenvalue weighted by atomic mass is 19.4. The van der Waals surface area contributed by atoms with Gasteiger partial charge < -0.3 is 0 Å². The molecule has 0 heterocycles. The van der Waals surface area contributed by atoms with Gasteiger partial charge in [-0.25, -0.2) is 9.98 Å². The molecule has 0 rings (SSSR count). The lowest BCUT2D eigenvalue weighted by Crippen LogP contribution is -2.20. The molecule has 0 aromatic carbocycles. The molecule has 0 N–H and O–H groups in total. The van der Waals surface area contributed by atoms with E-state index in [1.165, 1.54) is 6.08 Å². The van der Waals surface area contributed by atoms with Crippen molar-refractivity contribution in [1.29, 1.82) is 0 Å². The first-order chi connectivity index (χ1) is 7.68. The van der Waals surface area contributed by atoms with Crippen LogP contribution >= 0.6 is 0 Å². The molecular weight excluding hydrogens is 229 g/mol. The second-order valence-electron chi connectivity index (χ2n) is 3.67. The van der Waals surface area contributed by atoms with Crippen molar-refractivity contribution in [1.82, 2.24) is 0 Å². The first-order valence-electron chi connectivity index (χ1n) is 4.82. The van der Waals surface area contributed by atoms with Crippen LogP contribution in [0.5, 0.6) is 0 Å². The normalized spacial score (nSPS) is 13.3. The Morgan fingerprint density at radius 3 is 1.94 bits per heavy atom. The van der Waals surface area contributed by atoms with E-state index in [4.69, 9.17) is 0 Å². The smallest absolute Gasteiger partial charge is 0.241 e. The van der Waals surface area contributed by atoms with Gasteiger partial charge in [0.2, 0.25) is 5.84 Å². The number of nitrogens with zero attached hydrogens (tertiary/aromatic N) is 2. The molecule has 0 spiro atoms. The van der Waals surface area contributed by atoms with E-state index in [0.29, 0.717) is 5.57 Å². The second-order valence-corrected chi connectivity index (χ2v) is 3.67. The van der Waals surface area contributed by atoms with Crippen molar-refractivity contribution in [2.24, 2.45) is 9.98 Å². The number of amidine groups is 1. The van der Waals surface area contributed by atoms with Gasteiger partial charge in [0.05, 0.1) is 5.70 Å². The molecule has 2 nitrogen and oxygen atoms in total. The first-order valence-corrected chi connectivity index (χ1v) is 4.82. The van der Waals surface area contributed by atoms with E-state index in [2.05, 4.69) is 23.3 Å². The maximum atomic E-state index is 12.4. The van der Waals surface area contributed by atoms with Gasteiger partial charge in [-0.05, 0) is 39.1 Å². The minimum atomic E-state index is -4.61. The minimum absolute atomic E-state index is 0.130. The Kier molecular flexibility index (Phi) is 5.58. The highest BCUT2D eigenvalue weighted by molar-refractivity contribution is 5.92. The highest BCUT2D eigenvalue weighted by Crippen LogP contribution is 2.21. The summed E-state index contributed by atoms with van der Waals surface area (Å²) in [7, 11) is 0. The summed E-state index contributed by atoms with van der Waals surface area (Å²) >= 11 is 0. The van der Waals surface area contributed by atoms with E-state index in [0.717, 1.165) is 5.57 Å². The van der Waals surface area contributed by atoms with Crippen LogP contribution in [0.15, 0.2) is 45.6 Å². The summed E-state index contributed by atoms with van der Waals surface area (Å²) in [6, 6.07) is 0. The molecule has 17 heavy (non-hydrogen) atoms. The number of alkyl halides is 3. The molecule has 94 valence electrons. The number of hydrogen-bond donors (Lipinski definition) is 0. The third-order valence-electron chi connectivity index (χ3n) is 1.64. The molecular formula is C12H15F3N2.